The van der Waals surface area contributed by atoms with Crippen LogP contribution < -0.4 is 20.1 Å². The molecule has 32 heavy (non-hydrogen) atoms. The Balaban J connectivity index is 0.00000512. The quantitative estimate of drug-likeness (QED) is 0.255. The Labute approximate surface area is 210 Å². The van der Waals surface area contributed by atoms with Gasteiger partial charge in [-0.3, -0.25) is 4.79 Å². The molecule has 1 amide bonds. The lowest BCUT2D eigenvalue weighted by Gasteiger charge is -2.34. The minimum absolute atomic E-state index is 0. The van der Waals surface area contributed by atoms with Crippen LogP contribution in [0.1, 0.15) is 58.9 Å². The van der Waals surface area contributed by atoms with E-state index in [1.54, 1.807) is 7.11 Å². The summed E-state index contributed by atoms with van der Waals surface area (Å²) in [5.41, 5.74) is 1.06. The smallest absolute Gasteiger partial charge is 0.225 e. The first-order valence-electron chi connectivity index (χ1n) is 11.7. The van der Waals surface area contributed by atoms with Crippen LogP contribution in [0.15, 0.2) is 23.2 Å². The van der Waals surface area contributed by atoms with Crippen LogP contribution in [0.4, 0.5) is 0 Å². The first-order valence-corrected chi connectivity index (χ1v) is 11.7. The van der Waals surface area contributed by atoms with E-state index in [0.29, 0.717) is 25.1 Å². The SMILES string of the molecule is CCNC(=NCc1ccc(OC)c(OCC)c1)NC1CCN(C(=O)C(CC)CC)CC1.I. The van der Waals surface area contributed by atoms with E-state index in [0.717, 1.165) is 68.3 Å². The number of halogens is 1. The number of nitrogens with zero attached hydrogens (tertiary/aromatic N) is 2. The number of amides is 1. The lowest BCUT2D eigenvalue weighted by molar-refractivity contribution is -0.136. The molecule has 1 aliphatic heterocycles. The molecule has 8 heteroatoms. The van der Waals surface area contributed by atoms with Gasteiger partial charge < -0.3 is 25.0 Å². The Bertz CT molecular complexity index is 717. The molecule has 0 aliphatic carbocycles. The standard InChI is InChI=1S/C24H40N4O3.HI/c1-6-19(7-2)23(29)28-14-12-20(13-15-28)27-24(25-8-3)26-17-18-10-11-21(30-5)22(16-18)31-9-4;/h10-11,16,19-20H,6-9,12-15,17H2,1-5H3,(H2,25,26,27);1H. The van der Waals surface area contributed by atoms with Gasteiger partial charge in [0.1, 0.15) is 0 Å². The molecule has 2 N–H and O–H groups in total. The van der Waals surface area contributed by atoms with Gasteiger partial charge in [0.25, 0.3) is 0 Å². The molecule has 1 saturated heterocycles. The van der Waals surface area contributed by atoms with Crippen LogP contribution in [0.2, 0.25) is 0 Å². The van der Waals surface area contributed by atoms with Crippen molar-refractivity contribution in [2.24, 2.45) is 10.9 Å². The van der Waals surface area contributed by atoms with E-state index in [-0.39, 0.29) is 29.9 Å². The number of aliphatic imine (C=N–C) groups is 1. The van der Waals surface area contributed by atoms with Crippen LogP contribution in [0.25, 0.3) is 0 Å². The van der Waals surface area contributed by atoms with Crippen LogP contribution in [0, 0.1) is 5.92 Å². The highest BCUT2D eigenvalue weighted by Crippen LogP contribution is 2.28. The molecule has 0 spiro atoms. The van der Waals surface area contributed by atoms with Gasteiger partial charge in [-0.2, -0.15) is 0 Å². The van der Waals surface area contributed by atoms with Crippen molar-refractivity contribution in [1.29, 1.82) is 0 Å². The topological polar surface area (TPSA) is 75.2 Å². The summed E-state index contributed by atoms with van der Waals surface area (Å²) < 4.78 is 11.0. The van der Waals surface area contributed by atoms with E-state index in [1.807, 2.05) is 30.0 Å². The number of piperidine rings is 1. The predicted octanol–water partition coefficient (Wildman–Crippen LogP) is 4.19. The van der Waals surface area contributed by atoms with Gasteiger partial charge in [0.15, 0.2) is 17.5 Å². The van der Waals surface area contributed by atoms with E-state index in [1.165, 1.54) is 0 Å². The highest BCUT2D eigenvalue weighted by Gasteiger charge is 2.26. The maximum absolute atomic E-state index is 12.6. The average Bonchev–Trinajstić information content (AvgIpc) is 2.79. The minimum atomic E-state index is 0. The molecule has 1 fully saturated rings. The number of carbonyl (C=O) groups is 1. The van der Waals surface area contributed by atoms with E-state index in [9.17, 15) is 4.79 Å². The predicted molar refractivity (Wildman–Crippen MR) is 141 cm³/mol. The van der Waals surface area contributed by atoms with Crippen LogP contribution in [-0.2, 0) is 11.3 Å². The van der Waals surface area contributed by atoms with E-state index < -0.39 is 0 Å². The van der Waals surface area contributed by atoms with Gasteiger partial charge in [-0.05, 0) is 57.2 Å². The van der Waals surface area contributed by atoms with Gasteiger partial charge in [-0.15, -0.1) is 24.0 Å². The van der Waals surface area contributed by atoms with Crippen LogP contribution in [-0.4, -0.2) is 56.2 Å². The molecular weight excluding hydrogens is 519 g/mol. The van der Waals surface area contributed by atoms with Crippen molar-refractivity contribution in [2.45, 2.75) is 66.0 Å². The summed E-state index contributed by atoms with van der Waals surface area (Å²) in [6.45, 7) is 11.8. The summed E-state index contributed by atoms with van der Waals surface area (Å²) in [4.78, 5) is 19.4. The average molecular weight is 561 g/mol. The van der Waals surface area contributed by atoms with Crippen molar-refractivity contribution >= 4 is 35.8 Å². The molecule has 1 aliphatic rings. The van der Waals surface area contributed by atoms with E-state index in [4.69, 9.17) is 14.5 Å². The van der Waals surface area contributed by atoms with Crippen molar-refractivity contribution in [3.8, 4) is 11.5 Å². The second-order valence-electron chi connectivity index (χ2n) is 7.87. The van der Waals surface area contributed by atoms with Crippen LogP contribution in [0.3, 0.4) is 0 Å². The maximum atomic E-state index is 12.6. The second kappa shape index (κ2) is 15.2. The number of benzene rings is 1. The third-order valence-corrected chi connectivity index (χ3v) is 5.77. The van der Waals surface area contributed by atoms with Crippen LogP contribution in [0.5, 0.6) is 11.5 Å². The molecule has 0 aromatic heterocycles. The molecular formula is C24H41IN4O3. The summed E-state index contributed by atoms with van der Waals surface area (Å²) >= 11 is 0. The van der Waals surface area contributed by atoms with E-state index >= 15 is 0 Å². The Kier molecular flexibility index (Phi) is 13.4. The molecule has 1 heterocycles. The lowest BCUT2D eigenvalue weighted by atomic mass is 9.98. The van der Waals surface area contributed by atoms with Crippen molar-refractivity contribution in [1.82, 2.24) is 15.5 Å². The molecule has 0 unspecified atom stereocenters. The third kappa shape index (κ3) is 8.33. The number of likely N-dealkylation sites (tertiary alicyclic amines) is 1. The summed E-state index contributed by atoms with van der Waals surface area (Å²) in [7, 11) is 1.65. The lowest BCUT2D eigenvalue weighted by Crippen LogP contribution is -2.50. The largest absolute Gasteiger partial charge is 0.493 e. The van der Waals surface area contributed by atoms with Gasteiger partial charge in [-0.25, -0.2) is 4.99 Å². The van der Waals surface area contributed by atoms with E-state index in [2.05, 4.69) is 31.4 Å². The number of carbonyl (C=O) groups excluding carboxylic acids is 1. The summed E-state index contributed by atoms with van der Waals surface area (Å²) in [5.74, 6) is 2.75. The number of nitrogens with one attached hydrogen (secondary N) is 2. The molecule has 0 bridgehead atoms. The Hall–Kier alpha value is -1.71. The summed E-state index contributed by atoms with van der Waals surface area (Å²) in [5, 5.41) is 6.89. The zero-order valence-electron chi connectivity index (χ0n) is 20.3. The zero-order valence-corrected chi connectivity index (χ0v) is 22.6. The molecule has 1 aromatic rings. The van der Waals surface area contributed by atoms with Crippen molar-refractivity contribution in [3.05, 3.63) is 23.8 Å². The van der Waals surface area contributed by atoms with Gasteiger partial charge >= 0.3 is 0 Å². The number of methoxy groups -OCH3 is 1. The summed E-state index contributed by atoms with van der Waals surface area (Å²) in [6, 6.07) is 6.23. The first-order chi connectivity index (χ1) is 15.1. The Morgan fingerprint density at radius 2 is 1.84 bits per heavy atom. The highest BCUT2D eigenvalue weighted by atomic mass is 127. The number of hydrogen-bond donors (Lipinski definition) is 2. The Morgan fingerprint density at radius 1 is 1.16 bits per heavy atom. The fourth-order valence-electron chi connectivity index (χ4n) is 3.91. The number of guanidine groups is 1. The molecule has 1 aromatic carbocycles. The molecule has 2 rings (SSSR count). The number of ether oxygens (including phenoxy) is 2. The molecule has 0 saturated carbocycles. The number of rotatable bonds is 10. The summed E-state index contributed by atoms with van der Waals surface area (Å²) in [6.07, 6.45) is 3.71. The third-order valence-electron chi connectivity index (χ3n) is 5.77. The molecule has 0 radical (unpaired) electrons. The van der Waals surface area contributed by atoms with Gasteiger partial charge in [0.05, 0.1) is 20.3 Å². The van der Waals surface area contributed by atoms with Gasteiger partial charge in [-0.1, -0.05) is 19.9 Å². The van der Waals surface area contributed by atoms with Crippen molar-refractivity contribution < 1.29 is 14.3 Å². The van der Waals surface area contributed by atoms with Gasteiger partial charge in [0, 0.05) is 31.6 Å². The number of hydrogen-bond acceptors (Lipinski definition) is 4. The van der Waals surface area contributed by atoms with Crippen LogP contribution >= 0.6 is 24.0 Å². The highest BCUT2D eigenvalue weighted by molar-refractivity contribution is 14.0. The van der Waals surface area contributed by atoms with Gasteiger partial charge in [0.2, 0.25) is 5.91 Å². The second-order valence-corrected chi connectivity index (χ2v) is 7.87. The fourth-order valence-corrected chi connectivity index (χ4v) is 3.91. The minimum Gasteiger partial charge on any atom is -0.493 e. The fraction of sp³-hybridized carbons (Fsp3) is 0.667. The first kappa shape index (κ1) is 28.3. The Morgan fingerprint density at radius 3 is 2.41 bits per heavy atom. The van der Waals surface area contributed by atoms with Crippen molar-refractivity contribution in [2.75, 3.05) is 33.4 Å². The monoisotopic (exact) mass is 560 g/mol. The normalized spacial score (nSPS) is 14.7. The van der Waals surface area contributed by atoms with Crippen molar-refractivity contribution in [3.63, 3.8) is 0 Å². The molecule has 0 atom stereocenters. The molecule has 7 nitrogen and oxygen atoms in total. The molecule has 182 valence electrons. The maximum Gasteiger partial charge on any atom is 0.225 e. The zero-order chi connectivity index (χ0) is 22.6.